The summed E-state index contributed by atoms with van der Waals surface area (Å²) in [6, 6.07) is 12.0. The van der Waals surface area contributed by atoms with Crippen molar-refractivity contribution in [1.29, 1.82) is 0 Å². The molecule has 2 atom stereocenters. The van der Waals surface area contributed by atoms with Crippen LogP contribution >= 0.6 is 0 Å². The van der Waals surface area contributed by atoms with E-state index in [1.165, 1.54) is 37.9 Å². The number of rotatable bonds is 7. The standard InChI is InChI=1S/C18H31N3/c1-4-12-19-18(16-9-6-5-7-10-16)15-21(3)17-11-8-13-20(2)14-17/h5-7,9-10,17-19H,4,8,11-15H2,1-3H3. The summed E-state index contributed by atoms with van der Waals surface area (Å²) >= 11 is 0. The van der Waals surface area contributed by atoms with Gasteiger partial charge in [-0.05, 0) is 52.0 Å². The van der Waals surface area contributed by atoms with Gasteiger partial charge in [0.05, 0.1) is 0 Å². The predicted octanol–water partition coefficient (Wildman–Crippen LogP) is 2.75. The molecule has 1 aliphatic rings. The second kappa shape index (κ2) is 8.52. The molecule has 0 bridgehead atoms. The maximum absolute atomic E-state index is 3.71. The predicted molar refractivity (Wildman–Crippen MR) is 90.6 cm³/mol. The highest BCUT2D eigenvalue weighted by Gasteiger charge is 2.23. The van der Waals surface area contributed by atoms with E-state index in [2.05, 4.69) is 66.5 Å². The third-order valence-electron chi connectivity index (χ3n) is 4.54. The van der Waals surface area contributed by atoms with Crippen molar-refractivity contribution in [3.63, 3.8) is 0 Å². The summed E-state index contributed by atoms with van der Waals surface area (Å²) in [6.07, 6.45) is 3.83. The molecule has 1 N–H and O–H groups in total. The highest BCUT2D eigenvalue weighted by molar-refractivity contribution is 5.19. The molecule has 0 aromatic heterocycles. The van der Waals surface area contributed by atoms with E-state index in [-0.39, 0.29) is 0 Å². The normalized spacial score (nSPS) is 21.6. The van der Waals surface area contributed by atoms with Gasteiger partial charge in [-0.1, -0.05) is 37.3 Å². The molecule has 21 heavy (non-hydrogen) atoms. The molecule has 2 unspecified atom stereocenters. The van der Waals surface area contributed by atoms with Crippen molar-refractivity contribution >= 4 is 0 Å². The molecule has 1 aromatic carbocycles. The molecule has 0 aliphatic carbocycles. The fourth-order valence-corrected chi connectivity index (χ4v) is 3.23. The summed E-state index contributed by atoms with van der Waals surface area (Å²) in [7, 11) is 4.53. The first kappa shape index (κ1) is 16.5. The Kier molecular flexibility index (Phi) is 6.68. The van der Waals surface area contributed by atoms with Crippen LogP contribution in [0.2, 0.25) is 0 Å². The molecule has 1 aliphatic heterocycles. The molecular weight excluding hydrogens is 258 g/mol. The largest absolute Gasteiger partial charge is 0.309 e. The Bertz CT molecular complexity index is 393. The third kappa shape index (κ3) is 5.10. The van der Waals surface area contributed by atoms with Gasteiger partial charge < -0.3 is 15.1 Å². The van der Waals surface area contributed by atoms with Crippen LogP contribution in [0.25, 0.3) is 0 Å². The van der Waals surface area contributed by atoms with Crippen LogP contribution in [-0.2, 0) is 0 Å². The number of hydrogen-bond donors (Lipinski definition) is 1. The Morgan fingerprint density at radius 1 is 1.33 bits per heavy atom. The Hall–Kier alpha value is -0.900. The summed E-state index contributed by atoms with van der Waals surface area (Å²) in [6.45, 7) is 6.85. The van der Waals surface area contributed by atoms with Gasteiger partial charge in [0.15, 0.2) is 0 Å². The zero-order valence-corrected chi connectivity index (χ0v) is 13.9. The molecule has 0 saturated carbocycles. The van der Waals surface area contributed by atoms with Gasteiger partial charge in [-0.15, -0.1) is 0 Å². The van der Waals surface area contributed by atoms with Crippen molar-refractivity contribution in [2.75, 3.05) is 40.3 Å². The molecule has 118 valence electrons. The lowest BCUT2D eigenvalue weighted by Crippen LogP contribution is -2.47. The SMILES string of the molecule is CCCNC(CN(C)C1CCCN(C)C1)c1ccccc1. The summed E-state index contributed by atoms with van der Waals surface area (Å²) in [5, 5.41) is 3.71. The average Bonchev–Trinajstić information content (AvgIpc) is 2.52. The average molecular weight is 289 g/mol. The van der Waals surface area contributed by atoms with Crippen LogP contribution in [0.3, 0.4) is 0 Å². The van der Waals surface area contributed by atoms with E-state index in [0.29, 0.717) is 12.1 Å². The van der Waals surface area contributed by atoms with Gasteiger partial charge in [0.25, 0.3) is 0 Å². The van der Waals surface area contributed by atoms with Crippen LogP contribution in [0.4, 0.5) is 0 Å². The van der Waals surface area contributed by atoms with Gasteiger partial charge in [-0.3, -0.25) is 0 Å². The summed E-state index contributed by atoms with van der Waals surface area (Å²) in [5.41, 5.74) is 1.40. The Balaban J connectivity index is 1.97. The fourth-order valence-electron chi connectivity index (χ4n) is 3.23. The smallest absolute Gasteiger partial charge is 0.0449 e. The van der Waals surface area contributed by atoms with E-state index in [4.69, 9.17) is 0 Å². The molecule has 3 heteroatoms. The number of likely N-dealkylation sites (tertiary alicyclic amines) is 1. The van der Waals surface area contributed by atoms with Crippen LogP contribution < -0.4 is 5.32 Å². The maximum Gasteiger partial charge on any atom is 0.0449 e. The molecular formula is C18H31N3. The molecule has 1 saturated heterocycles. The van der Waals surface area contributed by atoms with Crippen molar-refractivity contribution in [1.82, 2.24) is 15.1 Å². The lowest BCUT2D eigenvalue weighted by atomic mass is 10.0. The molecule has 0 radical (unpaired) electrons. The van der Waals surface area contributed by atoms with E-state index < -0.39 is 0 Å². The Morgan fingerprint density at radius 3 is 2.76 bits per heavy atom. The van der Waals surface area contributed by atoms with E-state index in [9.17, 15) is 0 Å². The molecule has 0 amide bonds. The quantitative estimate of drug-likeness (QED) is 0.833. The minimum atomic E-state index is 0.434. The lowest BCUT2D eigenvalue weighted by Gasteiger charge is -2.37. The zero-order valence-electron chi connectivity index (χ0n) is 13.9. The number of benzene rings is 1. The van der Waals surface area contributed by atoms with Gasteiger partial charge in [0, 0.05) is 25.2 Å². The minimum Gasteiger partial charge on any atom is -0.309 e. The van der Waals surface area contributed by atoms with E-state index in [1.54, 1.807) is 0 Å². The monoisotopic (exact) mass is 289 g/mol. The summed E-state index contributed by atoms with van der Waals surface area (Å²) in [4.78, 5) is 5.01. The molecule has 1 aromatic rings. The number of likely N-dealkylation sites (N-methyl/N-ethyl adjacent to an activating group) is 2. The first-order valence-electron chi connectivity index (χ1n) is 8.37. The van der Waals surface area contributed by atoms with Crippen molar-refractivity contribution < 1.29 is 0 Å². The first-order valence-corrected chi connectivity index (χ1v) is 8.37. The van der Waals surface area contributed by atoms with Gasteiger partial charge >= 0.3 is 0 Å². The van der Waals surface area contributed by atoms with Crippen LogP contribution in [-0.4, -0.2) is 56.1 Å². The highest BCUT2D eigenvalue weighted by Crippen LogP contribution is 2.18. The van der Waals surface area contributed by atoms with E-state index in [0.717, 1.165) is 13.1 Å². The van der Waals surface area contributed by atoms with Crippen molar-refractivity contribution in [2.24, 2.45) is 0 Å². The molecule has 2 rings (SSSR count). The first-order chi connectivity index (χ1) is 10.2. The van der Waals surface area contributed by atoms with Gasteiger partial charge in [0.1, 0.15) is 0 Å². The zero-order chi connectivity index (χ0) is 15.1. The lowest BCUT2D eigenvalue weighted by molar-refractivity contribution is 0.125. The molecule has 3 nitrogen and oxygen atoms in total. The second-order valence-corrected chi connectivity index (χ2v) is 6.42. The molecule has 1 heterocycles. The second-order valence-electron chi connectivity index (χ2n) is 6.42. The van der Waals surface area contributed by atoms with Gasteiger partial charge in [-0.25, -0.2) is 0 Å². The van der Waals surface area contributed by atoms with Crippen LogP contribution in [0.15, 0.2) is 30.3 Å². The van der Waals surface area contributed by atoms with Crippen LogP contribution in [0.5, 0.6) is 0 Å². The van der Waals surface area contributed by atoms with Gasteiger partial charge in [-0.2, -0.15) is 0 Å². The van der Waals surface area contributed by atoms with Crippen molar-refractivity contribution in [3.8, 4) is 0 Å². The van der Waals surface area contributed by atoms with E-state index in [1.807, 2.05) is 0 Å². The van der Waals surface area contributed by atoms with Crippen molar-refractivity contribution in [3.05, 3.63) is 35.9 Å². The fraction of sp³-hybridized carbons (Fsp3) is 0.667. The van der Waals surface area contributed by atoms with Crippen LogP contribution in [0, 0.1) is 0 Å². The minimum absolute atomic E-state index is 0.434. The summed E-state index contributed by atoms with van der Waals surface area (Å²) in [5.74, 6) is 0. The number of nitrogens with one attached hydrogen (secondary N) is 1. The molecule has 0 spiro atoms. The number of hydrogen-bond acceptors (Lipinski definition) is 3. The molecule has 1 fully saturated rings. The van der Waals surface area contributed by atoms with Crippen LogP contribution in [0.1, 0.15) is 37.8 Å². The third-order valence-corrected chi connectivity index (χ3v) is 4.54. The summed E-state index contributed by atoms with van der Waals surface area (Å²) < 4.78 is 0. The highest BCUT2D eigenvalue weighted by atomic mass is 15.2. The maximum atomic E-state index is 3.71. The van der Waals surface area contributed by atoms with Crippen molar-refractivity contribution in [2.45, 2.75) is 38.3 Å². The number of piperidine rings is 1. The van der Waals surface area contributed by atoms with E-state index >= 15 is 0 Å². The Labute approximate surface area is 130 Å². The Morgan fingerprint density at radius 2 is 2.10 bits per heavy atom. The topological polar surface area (TPSA) is 18.5 Å². The number of nitrogens with zero attached hydrogens (tertiary/aromatic N) is 2. The van der Waals surface area contributed by atoms with Gasteiger partial charge in [0.2, 0.25) is 0 Å².